The van der Waals surface area contributed by atoms with Crippen LogP contribution >= 0.6 is 0 Å². The molecule has 11 heteroatoms. The molecule has 180 valence electrons. The maximum atomic E-state index is 12.5. The monoisotopic (exact) mass is 473 g/mol. The Balaban J connectivity index is 2.74. The highest BCUT2D eigenvalue weighted by Gasteiger charge is 2.38. The smallest absolute Gasteiger partial charge is 0.338 e. The van der Waals surface area contributed by atoms with E-state index >= 15 is 0 Å². The van der Waals surface area contributed by atoms with E-state index in [9.17, 15) is 27.9 Å². The number of hydrogen-bond acceptors (Lipinski definition) is 9. The van der Waals surface area contributed by atoms with Crippen molar-refractivity contribution in [1.82, 2.24) is 5.32 Å². The van der Waals surface area contributed by atoms with Crippen LogP contribution in [0.1, 0.15) is 52.4 Å². The summed E-state index contributed by atoms with van der Waals surface area (Å²) in [5, 5.41) is 12.9. The first-order valence-electron chi connectivity index (χ1n) is 10.1. The zero-order chi connectivity index (χ0) is 24.4. The Labute approximate surface area is 188 Å². The molecule has 0 aromatic heterocycles. The van der Waals surface area contributed by atoms with Gasteiger partial charge in [0, 0.05) is 30.9 Å². The molecule has 1 rings (SSSR count). The number of esters is 2. The molecule has 10 nitrogen and oxygen atoms in total. The second-order valence-corrected chi connectivity index (χ2v) is 9.53. The fourth-order valence-corrected chi connectivity index (χ4v) is 3.45. The van der Waals surface area contributed by atoms with E-state index in [1.807, 2.05) is 0 Å². The van der Waals surface area contributed by atoms with E-state index in [1.165, 1.54) is 20.8 Å². The molecular weight excluding hydrogens is 442 g/mol. The SMILES string of the molecule is CCC(=O)OC(OC(=O)[C@H](O)C(C)(C)COS(=O)(=O)CCCNC(C)=O)c1ccccc1. The molecule has 1 aromatic carbocycles. The molecule has 0 saturated carbocycles. The van der Waals surface area contributed by atoms with Crippen LogP contribution in [-0.2, 0) is 38.2 Å². The summed E-state index contributed by atoms with van der Waals surface area (Å²) >= 11 is 0. The molecule has 0 aliphatic rings. The van der Waals surface area contributed by atoms with Gasteiger partial charge >= 0.3 is 11.9 Å². The van der Waals surface area contributed by atoms with Gasteiger partial charge in [0.05, 0.1) is 12.4 Å². The van der Waals surface area contributed by atoms with Crippen molar-refractivity contribution in [2.75, 3.05) is 18.9 Å². The molecule has 0 heterocycles. The Hall–Kier alpha value is -2.50. The van der Waals surface area contributed by atoms with Crippen LogP contribution in [0.5, 0.6) is 0 Å². The molecule has 0 aliphatic carbocycles. The molecule has 2 atom stereocenters. The molecule has 0 saturated heterocycles. The average Bonchev–Trinajstić information content (AvgIpc) is 2.74. The maximum absolute atomic E-state index is 12.5. The summed E-state index contributed by atoms with van der Waals surface area (Å²) in [6.45, 7) is 5.45. The van der Waals surface area contributed by atoms with Crippen molar-refractivity contribution in [3.8, 4) is 0 Å². The number of aliphatic hydroxyl groups excluding tert-OH is 1. The predicted molar refractivity (Wildman–Crippen MR) is 114 cm³/mol. The Morgan fingerprint density at radius 1 is 1.12 bits per heavy atom. The van der Waals surface area contributed by atoms with Crippen LogP contribution in [0.4, 0.5) is 0 Å². The van der Waals surface area contributed by atoms with Gasteiger partial charge in [-0.25, -0.2) is 4.79 Å². The van der Waals surface area contributed by atoms with Gasteiger partial charge in [-0.05, 0) is 6.42 Å². The number of hydrogen-bond donors (Lipinski definition) is 2. The number of nitrogens with one attached hydrogen (secondary N) is 1. The molecule has 2 N–H and O–H groups in total. The zero-order valence-corrected chi connectivity index (χ0v) is 19.5. The van der Waals surface area contributed by atoms with Gasteiger partial charge in [0.2, 0.25) is 5.91 Å². The molecular formula is C21H31NO9S. The molecule has 1 aromatic rings. The van der Waals surface area contributed by atoms with Gasteiger partial charge in [-0.1, -0.05) is 51.1 Å². The molecule has 1 unspecified atom stereocenters. The lowest BCUT2D eigenvalue weighted by molar-refractivity contribution is -0.200. The fraction of sp³-hybridized carbons (Fsp3) is 0.571. The van der Waals surface area contributed by atoms with Crippen molar-refractivity contribution in [1.29, 1.82) is 0 Å². The van der Waals surface area contributed by atoms with Gasteiger partial charge < -0.3 is 19.9 Å². The van der Waals surface area contributed by atoms with E-state index in [4.69, 9.17) is 13.7 Å². The van der Waals surface area contributed by atoms with Gasteiger partial charge in [0.15, 0.2) is 6.10 Å². The summed E-state index contributed by atoms with van der Waals surface area (Å²) in [5.41, 5.74) is -0.941. The molecule has 1 amide bonds. The van der Waals surface area contributed by atoms with E-state index < -0.39 is 46.5 Å². The van der Waals surface area contributed by atoms with Crippen LogP contribution < -0.4 is 5.32 Å². The molecule has 0 aliphatic heterocycles. The minimum Gasteiger partial charge on any atom is -0.421 e. The van der Waals surface area contributed by atoms with E-state index in [1.54, 1.807) is 37.3 Å². The Bertz CT molecular complexity index is 869. The highest BCUT2D eigenvalue weighted by Crippen LogP contribution is 2.27. The third-order valence-electron chi connectivity index (χ3n) is 4.34. The van der Waals surface area contributed by atoms with Crippen LogP contribution in [0.2, 0.25) is 0 Å². The first-order chi connectivity index (χ1) is 14.9. The Morgan fingerprint density at radius 3 is 2.31 bits per heavy atom. The summed E-state index contributed by atoms with van der Waals surface area (Å²) < 4.78 is 39.4. The molecule has 0 spiro atoms. The van der Waals surface area contributed by atoms with Gasteiger partial charge in [0.25, 0.3) is 16.4 Å². The van der Waals surface area contributed by atoms with Crippen LogP contribution in [0.3, 0.4) is 0 Å². The van der Waals surface area contributed by atoms with Crippen molar-refractivity contribution in [3.63, 3.8) is 0 Å². The van der Waals surface area contributed by atoms with E-state index in [-0.39, 0.29) is 31.0 Å². The molecule has 0 bridgehead atoms. The first-order valence-corrected chi connectivity index (χ1v) is 11.7. The topological polar surface area (TPSA) is 145 Å². The number of amides is 1. The van der Waals surface area contributed by atoms with Gasteiger partial charge in [0.1, 0.15) is 0 Å². The third-order valence-corrected chi connectivity index (χ3v) is 5.61. The first kappa shape index (κ1) is 27.5. The largest absolute Gasteiger partial charge is 0.421 e. The van der Waals surface area contributed by atoms with Crippen molar-refractivity contribution < 1.29 is 41.6 Å². The summed E-state index contributed by atoms with van der Waals surface area (Å²) in [4.78, 5) is 35.1. The normalized spacial score (nSPS) is 13.7. The molecule has 0 fully saturated rings. The number of carbonyl (C=O) groups excluding carboxylic acids is 3. The lowest BCUT2D eigenvalue weighted by Gasteiger charge is -2.29. The van der Waals surface area contributed by atoms with Crippen molar-refractivity contribution in [3.05, 3.63) is 35.9 Å². The molecule has 32 heavy (non-hydrogen) atoms. The second kappa shape index (κ2) is 12.5. The number of rotatable bonds is 13. The van der Waals surface area contributed by atoms with Crippen LogP contribution in [0.15, 0.2) is 30.3 Å². The van der Waals surface area contributed by atoms with Crippen molar-refractivity contribution in [2.24, 2.45) is 5.41 Å². The van der Waals surface area contributed by atoms with Gasteiger partial charge in [-0.3, -0.25) is 13.8 Å². The van der Waals surface area contributed by atoms with E-state index in [0.29, 0.717) is 5.56 Å². The minimum atomic E-state index is -3.94. The van der Waals surface area contributed by atoms with Crippen LogP contribution in [0.25, 0.3) is 0 Å². The van der Waals surface area contributed by atoms with Gasteiger partial charge in [-0.2, -0.15) is 8.42 Å². The second-order valence-electron chi connectivity index (χ2n) is 7.77. The average molecular weight is 474 g/mol. The van der Waals surface area contributed by atoms with Crippen molar-refractivity contribution in [2.45, 2.75) is 52.9 Å². The van der Waals surface area contributed by atoms with Crippen molar-refractivity contribution >= 4 is 28.0 Å². The number of aliphatic hydroxyl groups is 1. The standard InChI is InChI=1S/C21H31NO9S/c1-5-17(24)30-20(16-10-7-6-8-11-16)31-19(26)18(25)21(3,4)14-29-32(27,28)13-9-12-22-15(2)23/h6-8,10-11,18,20,25H,5,9,12-14H2,1-4H3,(H,22,23)/t18-,20?/m0/s1. The minimum absolute atomic E-state index is 0.0581. The summed E-state index contributed by atoms with van der Waals surface area (Å²) in [6, 6.07) is 8.25. The summed E-state index contributed by atoms with van der Waals surface area (Å²) in [6.07, 6.45) is -2.92. The van der Waals surface area contributed by atoms with Crippen LogP contribution in [-0.4, -0.2) is 56.4 Å². The highest BCUT2D eigenvalue weighted by atomic mass is 32.2. The molecule has 0 radical (unpaired) electrons. The summed E-state index contributed by atoms with van der Waals surface area (Å²) in [7, 11) is -3.94. The number of carbonyl (C=O) groups is 3. The lowest BCUT2D eigenvalue weighted by atomic mass is 9.87. The fourth-order valence-electron chi connectivity index (χ4n) is 2.35. The Morgan fingerprint density at radius 2 is 1.75 bits per heavy atom. The summed E-state index contributed by atoms with van der Waals surface area (Å²) in [5.74, 6) is -2.31. The quantitative estimate of drug-likeness (QED) is 0.188. The maximum Gasteiger partial charge on any atom is 0.338 e. The van der Waals surface area contributed by atoms with Gasteiger partial charge in [-0.15, -0.1) is 0 Å². The van der Waals surface area contributed by atoms with E-state index in [0.717, 1.165) is 0 Å². The van der Waals surface area contributed by atoms with E-state index in [2.05, 4.69) is 5.32 Å². The van der Waals surface area contributed by atoms with Crippen LogP contribution in [0, 0.1) is 5.41 Å². The lowest BCUT2D eigenvalue weighted by Crippen LogP contribution is -2.42. The highest BCUT2D eigenvalue weighted by molar-refractivity contribution is 7.86. The number of benzene rings is 1. The Kier molecular flexibility index (Phi) is 10.8. The predicted octanol–water partition coefficient (Wildman–Crippen LogP) is 1.44. The number of ether oxygens (including phenoxy) is 2. The third kappa shape index (κ3) is 9.75. The zero-order valence-electron chi connectivity index (χ0n) is 18.7.